The lowest BCUT2D eigenvalue weighted by Gasteiger charge is -2.37. The Bertz CT molecular complexity index is 376. The van der Waals surface area contributed by atoms with Gasteiger partial charge in [-0.1, -0.05) is 27.2 Å². The van der Waals surface area contributed by atoms with E-state index in [1.807, 2.05) is 12.4 Å². The van der Waals surface area contributed by atoms with E-state index in [-0.39, 0.29) is 0 Å². The zero-order valence-corrected chi connectivity index (χ0v) is 13.3. The van der Waals surface area contributed by atoms with E-state index in [1.165, 1.54) is 37.7 Å². The van der Waals surface area contributed by atoms with Gasteiger partial charge in [-0.05, 0) is 67.7 Å². The van der Waals surface area contributed by atoms with Crippen LogP contribution in [0.25, 0.3) is 0 Å². The Labute approximate surface area is 124 Å². The Kier molecular flexibility index (Phi) is 6.03. The molecule has 4 atom stereocenters. The largest absolute Gasteiger partial charge is 0.314 e. The molecule has 4 unspecified atom stereocenters. The molecule has 0 spiro atoms. The molecule has 1 aliphatic rings. The molecule has 0 aromatic carbocycles. The molecule has 1 fully saturated rings. The zero-order valence-electron chi connectivity index (χ0n) is 13.3. The van der Waals surface area contributed by atoms with E-state index in [2.05, 4.69) is 43.2 Å². The predicted molar refractivity (Wildman–Crippen MR) is 85.7 cm³/mol. The van der Waals surface area contributed by atoms with E-state index in [0.717, 1.165) is 24.3 Å². The van der Waals surface area contributed by atoms with Crippen LogP contribution >= 0.6 is 0 Å². The van der Waals surface area contributed by atoms with Gasteiger partial charge in [0.1, 0.15) is 0 Å². The first-order valence-electron chi connectivity index (χ1n) is 8.33. The summed E-state index contributed by atoms with van der Waals surface area (Å²) in [7, 11) is 0. The number of aromatic nitrogens is 1. The summed E-state index contributed by atoms with van der Waals surface area (Å²) in [5.41, 5.74) is 1.42. The molecule has 0 aliphatic heterocycles. The van der Waals surface area contributed by atoms with Gasteiger partial charge in [-0.25, -0.2) is 0 Å². The molecular formula is C18H30N2. The Balaban J connectivity index is 1.89. The molecule has 20 heavy (non-hydrogen) atoms. The fourth-order valence-electron chi connectivity index (χ4n) is 3.59. The van der Waals surface area contributed by atoms with Crippen molar-refractivity contribution < 1.29 is 0 Å². The number of pyridine rings is 1. The summed E-state index contributed by atoms with van der Waals surface area (Å²) in [5, 5.41) is 3.74. The molecule has 1 aromatic heterocycles. The Morgan fingerprint density at radius 3 is 2.60 bits per heavy atom. The van der Waals surface area contributed by atoms with Crippen LogP contribution in [0.2, 0.25) is 0 Å². The monoisotopic (exact) mass is 274 g/mol. The molecule has 1 saturated carbocycles. The average Bonchev–Trinajstić information content (AvgIpc) is 2.47. The van der Waals surface area contributed by atoms with Crippen molar-refractivity contribution in [1.29, 1.82) is 0 Å². The molecule has 1 N–H and O–H groups in total. The van der Waals surface area contributed by atoms with E-state index >= 15 is 0 Å². The molecule has 0 radical (unpaired) electrons. The maximum atomic E-state index is 4.10. The van der Waals surface area contributed by atoms with Crippen molar-refractivity contribution >= 4 is 0 Å². The van der Waals surface area contributed by atoms with Gasteiger partial charge in [-0.2, -0.15) is 0 Å². The molecule has 2 rings (SSSR count). The fraction of sp³-hybridized carbons (Fsp3) is 0.722. The highest BCUT2D eigenvalue weighted by molar-refractivity contribution is 5.10. The molecule has 0 amide bonds. The normalized spacial score (nSPS) is 28.2. The molecule has 2 nitrogen and oxygen atoms in total. The second-order valence-electron chi connectivity index (χ2n) is 6.59. The summed E-state index contributed by atoms with van der Waals surface area (Å²) < 4.78 is 0. The van der Waals surface area contributed by atoms with Crippen molar-refractivity contribution in [1.82, 2.24) is 10.3 Å². The minimum absolute atomic E-state index is 0.683. The predicted octanol–water partition coefficient (Wildman–Crippen LogP) is 4.06. The van der Waals surface area contributed by atoms with Gasteiger partial charge < -0.3 is 5.32 Å². The van der Waals surface area contributed by atoms with Crippen molar-refractivity contribution in [2.45, 2.75) is 58.9 Å². The van der Waals surface area contributed by atoms with Gasteiger partial charge in [0.2, 0.25) is 0 Å². The maximum Gasteiger partial charge on any atom is 0.0270 e. The maximum absolute atomic E-state index is 4.10. The van der Waals surface area contributed by atoms with Crippen LogP contribution in [0.4, 0.5) is 0 Å². The molecule has 0 saturated heterocycles. The van der Waals surface area contributed by atoms with Crippen LogP contribution in [0.3, 0.4) is 0 Å². The number of hydrogen-bond acceptors (Lipinski definition) is 2. The van der Waals surface area contributed by atoms with Crippen molar-refractivity contribution in [3.8, 4) is 0 Å². The molecule has 1 heterocycles. The van der Waals surface area contributed by atoms with Gasteiger partial charge in [-0.15, -0.1) is 0 Å². The minimum Gasteiger partial charge on any atom is -0.314 e. The van der Waals surface area contributed by atoms with Crippen molar-refractivity contribution in [3.63, 3.8) is 0 Å². The first-order valence-corrected chi connectivity index (χ1v) is 8.33. The summed E-state index contributed by atoms with van der Waals surface area (Å²) in [6.45, 7) is 8.17. The summed E-state index contributed by atoms with van der Waals surface area (Å²) >= 11 is 0. The summed E-state index contributed by atoms with van der Waals surface area (Å²) in [6.07, 6.45) is 10.4. The first kappa shape index (κ1) is 15.5. The highest BCUT2D eigenvalue weighted by atomic mass is 14.9. The van der Waals surface area contributed by atoms with Crippen LogP contribution in [-0.2, 0) is 6.42 Å². The van der Waals surface area contributed by atoms with Crippen molar-refractivity contribution in [2.75, 3.05) is 6.54 Å². The summed E-state index contributed by atoms with van der Waals surface area (Å²) in [5.74, 6) is 2.66. The highest BCUT2D eigenvalue weighted by Gasteiger charge is 2.29. The second-order valence-corrected chi connectivity index (χ2v) is 6.59. The van der Waals surface area contributed by atoms with E-state index in [4.69, 9.17) is 0 Å². The molecule has 1 aliphatic carbocycles. The van der Waals surface area contributed by atoms with Crippen LogP contribution in [0, 0.1) is 17.8 Å². The van der Waals surface area contributed by atoms with Crippen LogP contribution in [0.1, 0.15) is 52.0 Å². The molecule has 1 aromatic rings. The average molecular weight is 274 g/mol. The van der Waals surface area contributed by atoms with E-state index in [9.17, 15) is 0 Å². The van der Waals surface area contributed by atoms with E-state index in [0.29, 0.717) is 6.04 Å². The van der Waals surface area contributed by atoms with Crippen LogP contribution in [-0.4, -0.2) is 17.6 Å². The van der Waals surface area contributed by atoms with Gasteiger partial charge in [0.05, 0.1) is 0 Å². The van der Waals surface area contributed by atoms with Crippen LogP contribution < -0.4 is 5.32 Å². The van der Waals surface area contributed by atoms with Gasteiger partial charge in [0.15, 0.2) is 0 Å². The SMILES string of the molecule is CCNC(CCc1ccncc1)C1CCC(C)C(C)C1. The third-order valence-corrected chi connectivity index (χ3v) is 5.17. The smallest absolute Gasteiger partial charge is 0.0270 e. The lowest BCUT2D eigenvalue weighted by atomic mass is 9.72. The summed E-state index contributed by atoms with van der Waals surface area (Å²) in [6, 6.07) is 4.98. The highest BCUT2D eigenvalue weighted by Crippen LogP contribution is 2.35. The molecular weight excluding hydrogens is 244 g/mol. The fourth-order valence-corrected chi connectivity index (χ4v) is 3.59. The Morgan fingerprint density at radius 2 is 1.95 bits per heavy atom. The van der Waals surface area contributed by atoms with Gasteiger partial charge >= 0.3 is 0 Å². The molecule has 0 bridgehead atoms. The molecule has 2 heteroatoms. The Morgan fingerprint density at radius 1 is 1.20 bits per heavy atom. The van der Waals surface area contributed by atoms with Crippen LogP contribution in [0.5, 0.6) is 0 Å². The summed E-state index contributed by atoms with van der Waals surface area (Å²) in [4.78, 5) is 4.10. The number of aryl methyl sites for hydroxylation is 1. The topological polar surface area (TPSA) is 24.9 Å². The minimum atomic E-state index is 0.683. The van der Waals surface area contributed by atoms with Crippen molar-refractivity contribution in [2.24, 2.45) is 17.8 Å². The van der Waals surface area contributed by atoms with E-state index < -0.39 is 0 Å². The first-order chi connectivity index (χ1) is 9.70. The third kappa shape index (κ3) is 4.31. The number of rotatable bonds is 6. The van der Waals surface area contributed by atoms with Crippen LogP contribution in [0.15, 0.2) is 24.5 Å². The lowest BCUT2D eigenvalue weighted by molar-refractivity contribution is 0.167. The Hall–Kier alpha value is -0.890. The second kappa shape index (κ2) is 7.78. The van der Waals surface area contributed by atoms with Gasteiger partial charge in [0.25, 0.3) is 0 Å². The molecule has 112 valence electrons. The van der Waals surface area contributed by atoms with Gasteiger partial charge in [-0.3, -0.25) is 4.98 Å². The number of nitrogens with one attached hydrogen (secondary N) is 1. The van der Waals surface area contributed by atoms with E-state index in [1.54, 1.807) is 0 Å². The lowest BCUT2D eigenvalue weighted by Crippen LogP contribution is -2.40. The standard InChI is InChI=1S/C18H30N2/c1-4-20-18(8-6-16-9-11-19-12-10-16)17-7-5-14(2)15(3)13-17/h9-12,14-15,17-18,20H,4-8,13H2,1-3H3. The quantitative estimate of drug-likeness (QED) is 0.846. The van der Waals surface area contributed by atoms with Gasteiger partial charge in [0, 0.05) is 18.4 Å². The number of hydrogen-bond donors (Lipinski definition) is 1. The zero-order chi connectivity index (χ0) is 14.4. The number of nitrogens with zero attached hydrogens (tertiary/aromatic N) is 1. The van der Waals surface area contributed by atoms with Crippen molar-refractivity contribution in [3.05, 3.63) is 30.1 Å². The third-order valence-electron chi connectivity index (χ3n) is 5.17.